The Morgan fingerprint density at radius 1 is 1.07 bits per heavy atom. The summed E-state index contributed by atoms with van der Waals surface area (Å²) in [7, 11) is 0. The molecule has 0 fully saturated rings. The molecule has 0 amide bonds. The lowest BCUT2D eigenvalue weighted by molar-refractivity contribution is 1.28. The van der Waals surface area contributed by atoms with E-state index < -0.39 is 0 Å². The van der Waals surface area contributed by atoms with Gasteiger partial charge in [-0.25, -0.2) is 0 Å². The Hall–Kier alpha value is -1.74. The van der Waals surface area contributed by atoms with Crippen LogP contribution in [-0.4, -0.2) is 9.97 Å². The van der Waals surface area contributed by atoms with Crippen LogP contribution in [0.5, 0.6) is 0 Å². The van der Waals surface area contributed by atoms with Gasteiger partial charge < -0.3 is 9.97 Å². The summed E-state index contributed by atoms with van der Waals surface area (Å²) < 4.78 is 0. The van der Waals surface area contributed by atoms with E-state index in [-0.39, 0.29) is 5.56 Å². The maximum absolute atomic E-state index is 11.7. The molecule has 0 aliphatic rings. The van der Waals surface area contributed by atoms with Gasteiger partial charge in [-0.1, -0.05) is 17.7 Å². The summed E-state index contributed by atoms with van der Waals surface area (Å²) in [4.78, 5) is 17.5. The number of pyridine rings is 1. The van der Waals surface area contributed by atoms with E-state index in [0.717, 1.165) is 16.4 Å². The van der Waals surface area contributed by atoms with Gasteiger partial charge in [0.05, 0.1) is 15.9 Å². The first-order chi connectivity index (χ1) is 7.27. The van der Waals surface area contributed by atoms with Crippen LogP contribution in [0.25, 0.3) is 21.8 Å². The first-order valence-corrected chi connectivity index (χ1v) is 4.93. The van der Waals surface area contributed by atoms with E-state index in [9.17, 15) is 4.79 Å². The molecule has 2 aromatic heterocycles. The number of hydrogen-bond donors (Lipinski definition) is 2. The second kappa shape index (κ2) is 2.87. The molecule has 1 aromatic carbocycles. The van der Waals surface area contributed by atoms with Gasteiger partial charge in [-0.2, -0.15) is 0 Å². The Bertz CT molecular complexity index is 711. The van der Waals surface area contributed by atoms with Gasteiger partial charge in [-0.05, 0) is 18.2 Å². The lowest BCUT2D eigenvalue weighted by Gasteiger charge is -1.92. The van der Waals surface area contributed by atoms with Crippen LogP contribution in [0.1, 0.15) is 0 Å². The van der Waals surface area contributed by atoms with Crippen LogP contribution in [0.3, 0.4) is 0 Å². The third-order valence-electron chi connectivity index (χ3n) is 2.49. The van der Waals surface area contributed by atoms with Gasteiger partial charge >= 0.3 is 0 Å². The Labute approximate surface area is 89.7 Å². The monoisotopic (exact) mass is 218 g/mol. The van der Waals surface area contributed by atoms with Gasteiger partial charge in [-0.15, -0.1) is 0 Å². The molecule has 4 heteroatoms. The van der Waals surface area contributed by atoms with Crippen molar-refractivity contribution in [2.45, 2.75) is 0 Å². The van der Waals surface area contributed by atoms with Gasteiger partial charge in [0, 0.05) is 17.1 Å². The maximum atomic E-state index is 11.7. The van der Waals surface area contributed by atoms with E-state index in [4.69, 9.17) is 11.6 Å². The highest BCUT2D eigenvalue weighted by atomic mass is 35.5. The molecule has 0 radical (unpaired) electrons. The molecule has 2 N–H and O–H groups in total. The smallest absolute Gasteiger partial charge is 0.258 e. The second-order valence-corrected chi connectivity index (χ2v) is 3.79. The molecule has 3 rings (SSSR count). The van der Waals surface area contributed by atoms with Crippen molar-refractivity contribution in [1.82, 2.24) is 9.97 Å². The fourth-order valence-electron chi connectivity index (χ4n) is 1.86. The van der Waals surface area contributed by atoms with Crippen molar-refractivity contribution in [1.29, 1.82) is 0 Å². The first kappa shape index (κ1) is 8.56. The molecule has 3 aromatic rings. The molecule has 0 aliphatic carbocycles. The average Bonchev–Trinajstić information content (AvgIpc) is 2.58. The zero-order valence-electron chi connectivity index (χ0n) is 7.67. The van der Waals surface area contributed by atoms with E-state index in [1.807, 2.05) is 18.2 Å². The van der Waals surface area contributed by atoms with Crippen molar-refractivity contribution < 1.29 is 0 Å². The van der Waals surface area contributed by atoms with Crippen molar-refractivity contribution in [2.75, 3.05) is 0 Å². The molecule has 0 saturated carbocycles. The molecular formula is C11H7ClN2O. The molecule has 0 saturated heterocycles. The predicted molar refractivity (Wildman–Crippen MR) is 61.4 cm³/mol. The van der Waals surface area contributed by atoms with Crippen molar-refractivity contribution >= 4 is 33.4 Å². The topological polar surface area (TPSA) is 48.6 Å². The summed E-state index contributed by atoms with van der Waals surface area (Å²) in [5.74, 6) is 0. The van der Waals surface area contributed by atoms with Crippen LogP contribution in [0.4, 0.5) is 0 Å². The van der Waals surface area contributed by atoms with Crippen LogP contribution in [0.15, 0.2) is 35.3 Å². The minimum absolute atomic E-state index is 0.119. The molecule has 2 heterocycles. The Balaban J connectivity index is 2.74. The third kappa shape index (κ3) is 1.10. The summed E-state index contributed by atoms with van der Waals surface area (Å²) in [5, 5.41) is 2.00. The van der Waals surface area contributed by atoms with E-state index in [1.165, 1.54) is 0 Å². The van der Waals surface area contributed by atoms with Crippen LogP contribution >= 0.6 is 11.6 Å². The van der Waals surface area contributed by atoms with Gasteiger partial charge in [0.2, 0.25) is 0 Å². The van der Waals surface area contributed by atoms with Crippen molar-refractivity contribution in [2.24, 2.45) is 0 Å². The lowest BCUT2D eigenvalue weighted by Crippen LogP contribution is -2.03. The standard InChI is InChI=1S/C11H7ClN2O/c12-6-2-1-3-7-9(6)10-8(14-7)4-5-13-11(10)15/h1-5,14H,(H,13,15). The van der Waals surface area contributed by atoms with Crippen molar-refractivity contribution in [3.63, 3.8) is 0 Å². The highest BCUT2D eigenvalue weighted by Gasteiger charge is 2.09. The van der Waals surface area contributed by atoms with Gasteiger partial charge in [0.15, 0.2) is 0 Å². The average molecular weight is 219 g/mol. The zero-order valence-corrected chi connectivity index (χ0v) is 8.43. The fourth-order valence-corrected chi connectivity index (χ4v) is 2.13. The number of nitrogens with one attached hydrogen (secondary N) is 2. The normalized spacial score (nSPS) is 11.3. The maximum Gasteiger partial charge on any atom is 0.258 e. The van der Waals surface area contributed by atoms with Gasteiger partial charge in [0.1, 0.15) is 0 Å². The summed E-state index contributed by atoms with van der Waals surface area (Å²) in [6.45, 7) is 0. The number of rotatable bonds is 0. The molecule has 0 aliphatic heterocycles. The number of hydrogen-bond acceptors (Lipinski definition) is 1. The molecule has 0 unspecified atom stereocenters. The van der Waals surface area contributed by atoms with Crippen LogP contribution in [0.2, 0.25) is 5.02 Å². The summed E-state index contributed by atoms with van der Waals surface area (Å²) in [5.41, 5.74) is 1.57. The summed E-state index contributed by atoms with van der Waals surface area (Å²) in [6, 6.07) is 7.37. The van der Waals surface area contributed by atoms with E-state index in [2.05, 4.69) is 9.97 Å². The number of aromatic amines is 2. The van der Waals surface area contributed by atoms with E-state index >= 15 is 0 Å². The van der Waals surface area contributed by atoms with Crippen LogP contribution in [0, 0.1) is 0 Å². The van der Waals surface area contributed by atoms with E-state index in [1.54, 1.807) is 12.3 Å². The second-order valence-electron chi connectivity index (χ2n) is 3.38. The third-order valence-corrected chi connectivity index (χ3v) is 2.81. The Morgan fingerprint density at radius 3 is 2.73 bits per heavy atom. The number of benzene rings is 1. The quantitative estimate of drug-likeness (QED) is 0.599. The number of aromatic nitrogens is 2. The van der Waals surface area contributed by atoms with E-state index in [0.29, 0.717) is 10.4 Å². The SMILES string of the molecule is O=c1[nH]ccc2[nH]c3cccc(Cl)c3c12. The first-order valence-electron chi connectivity index (χ1n) is 4.55. The lowest BCUT2D eigenvalue weighted by atomic mass is 10.2. The summed E-state index contributed by atoms with van der Waals surface area (Å²) >= 11 is 6.08. The predicted octanol–water partition coefficient (Wildman–Crippen LogP) is 2.66. The van der Waals surface area contributed by atoms with Gasteiger partial charge in [-0.3, -0.25) is 4.79 Å². The molecule has 74 valence electrons. The molecule has 15 heavy (non-hydrogen) atoms. The van der Waals surface area contributed by atoms with Crippen LogP contribution < -0.4 is 5.56 Å². The molecule has 0 atom stereocenters. The molecule has 0 spiro atoms. The van der Waals surface area contributed by atoms with Crippen LogP contribution in [-0.2, 0) is 0 Å². The number of halogens is 1. The molecule has 0 bridgehead atoms. The molecule has 3 nitrogen and oxygen atoms in total. The fraction of sp³-hybridized carbons (Fsp3) is 0. The number of H-pyrrole nitrogens is 2. The van der Waals surface area contributed by atoms with Crippen molar-refractivity contribution in [3.05, 3.63) is 45.8 Å². The minimum atomic E-state index is -0.119. The zero-order chi connectivity index (χ0) is 10.4. The largest absolute Gasteiger partial charge is 0.354 e. The Morgan fingerprint density at radius 2 is 1.87 bits per heavy atom. The highest BCUT2D eigenvalue weighted by Crippen LogP contribution is 2.28. The highest BCUT2D eigenvalue weighted by molar-refractivity contribution is 6.37. The van der Waals surface area contributed by atoms with Crippen molar-refractivity contribution in [3.8, 4) is 0 Å². The Kier molecular flexibility index (Phi) is 1.64. The van der Waals surface area contributed by atoms with Gasteiger partial charge in [0.25, 0.3) is 5.56 Å². The minimum Gasteiger partial charge on any atom is -0.354 e. The number of fused-ring (bicyclic) bond motifs is 3. The molecular weight excluding hydrogens is 212 g/mol. The summed E-state index contributed by atoms with van der Waals surface area (Å²) in [6.07, 6.45) is 1.62.